The molecule has 106 valence electrons. The van der Waals surface area contributed by atoms with Gasteiger partial charge in [-0.25, -0.2) is 23.2 Å². The van der Waals surface area contributed by atoms with Crippen LogP contribution in [0.15, 0.2) is 12.3 Å². The lowest BCUT2D eigenvalue weighted by molar-refractivity contribution is 0.0696. The number of aromatic carboxylic acids is 1. The first-order chi connectivity index (χ1) is 9.47. The highest BCUT2D eigenvalue weighted by Crippen LogP contribution is 2.32. The number of sulfone groups is 1. The van der Waals surface area contributed by atoms with Crippen LogP contribution < -0.4 is 0 Å². The van der Waals surface area contributed by atoms with E-state index in [0.717, 1.165) is 6.42 Å². The second-order valence-corrected chi connectivity index (χ2v) is 7.18. The number of carboxylic acid groups (broad SMARTS) is 1. The van der Waals surface area contributed by atoms with Gasteiger partial charge in [-0.2, -0.15) is 0 Å². The van der Waals surface area contributed by atoms with Gasteiger partial charge in [0.05, 0.1) is 16.8 Å². The van der Waals surface area contributed by atoms with Crippen LogP contribution in [0.1, 0.15) is 40.7 Å². The highest BCUT2D eigenvalue weighted by atomic mass is 32.2. The van der Waals surface area contributed by atoms with Crippen molar-refractivity contribution in [2.24, 2.45) is 0 Å². The number of H-pyrrole nitrogens is 1. The lowest BCUT2D eigenvalue weighted by atomic mass is 10.2. The molecule has 1 atom stereocenters. The van der Waals surface area contributed by atoms with Crippen molar-refractivity contribution in [1.82, 2.24) is 15.0 Å². The zero-order valence-electron chi connectivity index (χ0n) is 10.5. The van der Waals surface area contributed by atoms with Crippen molar-refractivity contribution in [3.63, 3.8) is 0 Å². The quantitative estimate of drug-likeness (QED) is 0.863. The standard InChI is InChI=1S/C12H13N3O4S/c16-12(17)7-5-8-10(13-6-7)15-11(14-8)9-3-1-2-4-20(9,18)19/h5-6,9H,1-4H2,(H,16,17)(H,13,14,15). The molecule has 7 nitrogen and oxygen atoms in total. The fourth-order valence-electron chi connectivity index (χ4n) is 2.45. The summed E-state index contributed by atoms with van der Waals surface area (Å²) in [6.07, 6.45) is 3.27. The van der Waals surface area contributed by atoms with Crippen molar-refractivity contribution < 1.29 is 18.3 Å². The SMILES string of the molecule is O=C(O)c1cnc2nc(C3CCCCS3(=O)=O)[nH]c2c1. The third-order valence-electron chi connectivity index (χ3n) is 3.49. The number of aromatic amines is 1. The van der Waals surface area contributed by atoms with E-state index < -0.39 is 21.1 Å². The molecule has 1 unspecified atom stereocenters. The number of aromatic nitrogens is 3. The molecule has 20 heavy (non-hydrogen) atoms. The molecule has 0 aliphatic carbocycles. The van der Waals surface area contributed by atoms with Gasteiger partial charge in [0.25, 0.3) is 0 Å². The third kappa shape index (κ3) is 2.15. The molecule has 1 aliphatic heterocycles. The summed E-state index contributed by atoms with van der Waals surface area (Å²) in [6.45, 7) is 0. The maximum Gasteiger partial charge on any atom is 0.337 e. The van der Waals surface area contributed by atoms with Crippen LogP contribution in [0, 0.1) is 0 Å². The van der Waals surface area contributed by atoms with Crippen LogP contribution >= 0.6 is 0 Å². The summed E-state index contributed by atoms with van der Waals surface area (Å²) in [6, 6.07) is 1.41. The molecule has 3 heterocycles. The van der Waals surface area contributed by atoms with Gasteiger partial charge in [0, 0.05) is 6.20 Å². The summed E-state index contributed by atoms with van der Waals surface area (Å²) >= 11 is 0. The fraction of sp³-hybridized carbons (Fsp3) is 0.417. The Kier molecular flexibility index (Phi) is 2.97. The number of nitrogens with zero attached hydrogens (tertiary/aromatic N) is 2. The molecule has 0 bridgehead atoms. The highest BCUT2D eigenvalue weighted by Gasteiger charge is 2.32. The topological polar surface area (TPSA) is 113 Å². The molecule has 0 aromatic carbocycles. The summed E-state index contributed by atoms with van der Waals surface area (Å²) in [4.78, 5) is 21.9. The first kappa shape index (κ1) is 13.0. The van der Waals surface area contributed by atoms with Crippen LogP contribution in [-0.2, 0) is 9.84 Å². The van der Waals surface area contributed by atoms with Gasteiger partial charge in [-0.1, -0.05) is 6.42 Å². The second-order valence-electron chi connectivity index (χ2n) is 4.87. The molecule has 1 fully saturated rings. The molecule has 8 heteroatoms. The van der Waals surface area contributed by atoms with E-state index in [0.29, 0.717) is 29.8 Å². The smallest absolute Gasteiger partial charge is 0.337 e. The molecular formula is C12H13N3O4S. The summed E-state index contributed by atoms with van der Waals surface area (Å²) < 4.78 is 24.1. The molecule has 3 rings (SSSR count). The van der Waals surface area contributed by atoms with Crippen molar-refractivity contribution in [2.45, 2.75) is 24.5 Å². The molecular weight excluding hydrogens is 282 g/mol. The number of pyridine rings is 1. The minimum Gasteiger partial charge on any atom is -0.478 e. The monoisotopic (exact) mass is 295 g/mol. The van der Waals surface area contributed by atoms with Crippen molar-refractivity contribution >= 4 is 27.0 Å². The van der Waals surface area contributed by atoms with Gasteiger partial charge in [-0.05, 0) is 18.9 Å². The average Bonchev–Trinajstić information content (AvgIpc) is 2.80. The van der Waals surface area contributed by atoms with Gasteiger partial charge in [-0.15, -0.1) is 0 Å². The summed E-state index contributed by atoms with van der Waals surface area (Å²) in [5.74, 6) is -0.557. The predicted octanol–water partition coefficient (Wildman–Crippen LogP) is 1.30. The lowest BCUT2D eigenvalue weighted by Gasteiger charge is -2.19. The Morgan fingerprint density at radius 3 is 2.90 bits per heavy atom. The van der Waals surface area contributed by atoms with E-state index in [4.69, 9.17) is 5.11 Å². The molecule has 2 aromatic heterocycles. The Bertz CT molecular complexity index is 781. The predicted molar refractivity (Wildman–Crippen MR) is 71.2 cm³/mol. The van der Waals surface area contributed by atoms with E-state index in [1.54, 1.807) is 0 Å². The molecule has 1 saturated heterocycles. The van der Waals surface area contributed by atoms with Crippen molar-refractivity contribution in [2.75, 3.05) is 5.75 Å². The van der Waals surface area contributed by atoms with Gasteiger partial charge in [-0.3, -0.25) is 0 Å². The van der Waals surface area contributed by atoms with Gasteiger partial charge < -0.3 is 10.1 Å². The fourth-order valence-corrected chi connectivity index (χ4v) is 4.32. The first-order valence-corrected chi connectivity index (χ1v) is 7.99. The Labute approximate surface area is 115 Å². The number of fused-ring (bicyclic) bond motifs is 1. The van der Waals surface area contributed by atoms with E-state index >= 15 is 0 Å². The third-order valence-corrected chi connectivity index (χ3v) is 5.67. The molecule has 0 amide bonds. The van der Waals surface area contributed by atoms with E-state index in [9.17, 15) is 13.2 Å². The van der Waals surface area contributed by atoms with Crippen molar-refractivity contribution in [1.29, 1.82) is 0 Å². The average molecular weight is 295 g/mol. The zero-order valence-corrected chi connectivity index (χ0v) is 11.4. The van der Waals surface area contributed by atoms with Gasteiger partial charge in [0.15, 0.2) is 15.5 Å². The van der Waals surface area contributed by atoms with Gasteiger partial charge in [0.2, 0.25) is 0 Å². The van der Waals surface area contributed by atoms with Crippen LogP contribution in [0.4, 0.5) is 0 Å². The molecule has 2 aromatic rings. The molecule has 2 N–H and O–H groups in total. The maximum absolute atomic E-state index is 12.1. The normalized spacial score (nSPS) is 21.9. The Balaban J connectivity index is 2.06. The summed E-state index contributed by atoms with van der Waals surface area (Å²) in [7, 11) is -3.19. The second kappa shape index (κ2) is 4.55. The molecule has 0 saturated carbocycles. The van der Waals surface area contributed by atoms with Crippen LogP contribution in [0.5, 0.6) is 0 Å². The van der Waals surface area contributed by atoms with Crippen LogP contribution in [0.25, 0.3) is 11.2 Å². The van der Waals surface area contributed by atoms with E-state index in [2.05, 4.69) is 15.0 Å². The van der Waals surface area contributed by atoms with Crippen LogP contribution in [-0.4, -0.2) is 40.2 Å². The van der Waals surface area contributed by atoms with Gasteiger partial charge >= 0.3 is 5.97 Å². The van der Waals surface area contributed by atoms with Crippen LogP contribution in [0.2, 0.25) is 0 Å². The number of nitrogens with one attached hydrogen (secondary N) is 1. The Hall–Kier alpha value is -1.96. The molecule has 1 aliphatic rings. The number of carbonyl (C=O) groups is 1. The maximum atomic E-state index is 12.1. The Morgan fingerprint density at radius 1 is 1.40 bits per heavy atom. The van der Waals surface area contributed by atoms with Crippen LogP contribution in [0.3, 0.4) is 0 Å². The minimum atomic E-state index is -3.19. The van der Waals surface area contributed by atoms with Crippen molar-refractivity contribution in [3.8, 4) is 0 Å². The number of imidazole rings is 1. The number of rotatable bonds is 2. The van der Waals surface area contributed by atoms with E-state index in [-0.39, 0.29) is 11.3 Å². The van der Waals surface area contributed by atoms with Gasteiger partial charge in [0.1, 0.15) is 11.1 Å². The zero-order chi connectivity index (χ0) is 14.3. The largest absolute Gasteiger partial charge is 0.478 e. The number of hydrogen-bond donors (Lipinski definition) is 2. The lowest BCUT2D eigenvalue weighted by Crippen LogP contribution is -2.22. The van der Waals surface area contributed by atoms with E-state index in [1.807, 2.05) is 0 Å². The summed E-state index contributed by atoms with van der Waals surface area (Å²) in [5.41, 5.74) is 0.825. The van der Waals surface area contributed by atoms with E-state index in [1.165, 1.54) is 12.3 Å². The Morgan fingerprint density at radius 2 is 2.20 bits per heavy atom. The number of hydrogen-bond acceptors (Lipinski definition) is 5. The first-order valence-electron chi connectivity index (χ1n) is 6.28. The van der Waals surface area contributed by atoms with Crippen molar-refractivity contribution in [3.05, 3.63) is 23.7 Å². The number of carboxylic acids is 1. The summed E-state index contributed by atoms with van der Waals surface area (Å²) in [5, 5.41) is 8.27. The highest BCUT2D eigenvalue weighted by molar-refractivity contribution is 7.91. The minimum absolute atomic E-state index is 0.0409. The molecule has 0 radical (unpaired) electrons. The molecule has 0 spiro atoms.